The molecular formula is C12H17N3O2. The molecule has 1 aromatic heterocycles. The Kier molecular flexibility index (Phi) is 3.46. The van der Waals surface area contributed by atoms with Crippen molar-refractivity contribution in [3.8, 4) is 5.88 Å². The van der Waals surface area contributed by atoms with Crippen LogP contribution in [0.3, 0.4) is 0 Å². The standard InChI is InChI=1S/C12H17N3O2/c13-9-6-7-10(11(14)16)15-12(9)17-8-4-2-1-3-5-8/h6-8H,1-5,13H2,(H2,14,16). The van der Waals surface area contributed by atoms with Crippen molar-refractivity contribution in [3.05, 3.63) is 17.8 Å². The number of nitrogen functional groups attached to an aromatic ring is 1. The Labute approximate surface area is 100 Å². The van der Waals surface area contributed by atoms with E-state index in [2.05, 4.69) is 4.98 Å². The smallest absolute Gasteiger partial charge is 0.267 e. The molecule has 17 heavy (non-hydrogen) atoms. The molecule has 0 unspecified atom stereocenters. The zero-order chi connectivity index (χ0) is 12.3. The predicted octanol–water partition coefficient (Wildman–Crippen LogP) is 1.47. The topological polar surface area (TPSA) is 91.2 Å². The molecule has 4 N–H and O–H groups in total. The maximum Gasteiger partial charge on any atom is 0.267 e. The summed E-state index contributed by atoms with van der Waals surface area (Å²) >= 11 is 0. The summed E-state index contributed by atoms with van der Waals surface area (Å²) in [7, 11) is 0. The average molecular weight is 235 g/mol. The number of hydrogen-bond donors (Lipinski definition) is 2. The molecule has 1 aliphatic rings. The first kappa shape index (κ1) is 11.7. The summed E-state index contributed by atoms with van der Waals surface area (Å²) in [5.41, 5.74) is 11.6. The molecule has 0 radical (unpaired) electrons. The number of hydrogen-bond acceptors (Lipinski definition) is 4. The van der Waals surface area contributed by atoms with Crippen LogP contribution in [0, 0.1) is 0 Å². The first-order valence-corrected chi connectivity index (χ1v) is 5.90. The van der Waals surface area contributed by atoms with Crippen molar-refractivity contribution in [1.29, 1.82) is 0 Å². The molecule has 0 atom stereocenters. The van der Waals surface area contributed by atoms with Crippen LogP contribution in [-0.2, 0) is 0 Å². The largest absolute Gasteiger partial charge is 0.473 e. The highest BCUT2D eigenvalue weighted by Gasteiger charge is 2.17. The van der Waals surface area contributed by atoms with Gasteiger partial charge in [-0.3, -0.25) is 4.79 Å². The molecule has 5 heteroatoms. The van der Waals surface area contributed by atoms with Crippen LogP contribution < -0.4 is 16.2 Å². The van der Waals surface area contributed by atoms with Crippen molar-refractivity contribution < 1.29 is 9.53 Å². The van der Waals surface area contributed by atoms with Gasteiger partial charge in [0.05, 0.1) is 5.69 Å². The highest BCUT2D eigenvalue weighted by atomic mass is 16.5. The molecule has 2 rings (SSSR count). The SMILES string of the molecule is NC(=O)c1ccc(N)c(OC2CCCCC2)n1. The van der Waals surface area contributed by atoms with Gasteiger partial charge in [0.25, 0.3) is 5.91 Å². The first-order valence-electron chi connectivity index (χ1n) is 5.90. The number of pyridine rings is 1. The lowest BCUT2D eigenvalue weighted by Gasteiger charge is -2.23. The van der Waals surface area contributed by atoms with Crippen molar-refractivity contribution in [2.24, 2.45) is 5.73 Å². The molecule has 5 nitrogen and oxygen atoms in total. The summed E-state index contributed by atoms with van der Waals surface area (Å²) < 4.78 is 5.73. The fraction of sp³-hybridized carbons (Fsp3) is 0.500. The van der Waals surface area contributed by atoms with Gasteiger partial charge in [-0.05, 0) is 37.8 Å². The maximum absolute atomic E-state index is 11.0. The number of nitrogens with zero attached hydrogens (tertiary/aromatic N) is 1. The monoisotopic (exact) mass is 235 g/mol. The van der Waals surface area contributed by atoms with E-state index >= 15 is 0 Å². The number of anilines is 1. The molecule has 0 bridgehead atoms. The van der Waals surface area contributed by atoms with Gasteiger partial charge in [0.1, 0.15) is 11.8 Å². The highest BCUT2D eigenvalue weighted by Crippen LogP contribution is 2.25. The number of primary amides is 1. The van der Waals surface area contributed by atoms with Crippen LogP contribution in [0.25, 0.3) is 0 Å². The number of amides is 1. The molecule has 1 aromatic rings. The van der Waals surface area contributed by atoms with E-state index in [1.165, 1.54) is 25.3 Å². The number of rotatable bonds is 3. The van der Waals surface area contributed by atoms with E-state index < -0.39 is 5.91 Å². The molecule has 0 spiro atoms. The number of aromatic nitrogens is 1. The molecule has 0 aromatic carbocycles. The van der Waals surface area contributed by atoms with E-state index in [1.807, 2.05) is 0 Å². The molecule has 1 heterocycles. The predicted molar refractivity (Wildman–Crippen MR) is 64.7 cm³/mol. The van der Waals surface area contributed by atoms with E-state index in [-0.39, 0.29) is 11.8 Å². The van der Waals surface area contributed by atoms with Crippen LogP contribution in [0.5, 0.6) is 5.88 Å². The quantitative estimate of drug-likeness (QED) is 0.830. The third-order valence-electron chi connectivity index (χ3n) is 2.97. The third-order valence-corrected chi connectivity index (χ3v) is 2.97. The van der Waals surface area contributed by atoms with Gasteiger partial charge in [-0.15, -0.1) is 0 Å². The van der Waals surface area contributed by atoms with Gasteiger partial charge in [0.15, 0.2) is 0 Å². The summed E-state index contributed by atoms with van der Waals surface area (Å²) in [5, 5.41) is 0. The van der Waals surface area contributed by atoms with E-state index in [0.29, 0.717) is 11.6 Å². The molecule has 1 fully saturated rings. The summed E-state index contributed by atoms with van der Waals surface area (Å²) in [4.78, 5) is 15.1. The van der Waals surface area contributed by atoms with Crippen LogP contribution in [0.4, 0.5) is 5.69 Å². The Balaban J connectivity index is 2.13. The zero-order valence-electron chi connectivity index (χ0n) is 9.69. The van der Waals surface area contributed by atoms with Gasteiger partial charge < -0.3 is 16.2 Å². The Morgan fingerprint density at radius 3 is 2.65 bits per heavy atom. The van der Waals surface area contributed by atoms with E-state index in [0.717, 1.165) is 12.8 Å². The lowest BCUT2D eigenvalue weighted by Crippen LogP contribution is -2.22. The van der Waals surface area contributed by atoms with E-state index in [4.69, 9.17) is 16.2 Å². The molecule has 1 amide bonds. The first-order chi connectivity index (χ1) is 8.16. The Morgan fingerprint density at radius 2 is 2.00 bits per heavy atom. The van der Waals surface area contributed by atoms with Crippen LogP contribution in [0.2, 0.25) is 0 Å². The minimum atomic E-state index is -0.571. The van der Waals surface area contributed by atoms with Gasteiger partial charge >= 0.3 is 0 Å². The molecule has 1 saturated carbocycles. The number of ether oxygens (including phenoxy) is 1. The van der Waals surface area contributed by atoms with Crippen LogP contribution >= 0.6 is 0 Å². The Morgan fingerprint density at radius 1 is 1.29 bits per heavy atom. The minimum Gasteiger partial charge on any atom is -0.473 e. The number of carbonyl (C=O) groups excluding carboxylic acids is 1. The van der Waals surface area contributed by atoms with Gasteiger partial charge in [-0.25, -0.2) is 4.98 Å². The summed E-state index contributed by atoms with van der Waals surface area (Å²) in [5.74, 6) is -0.244. The lowest BCUT2D eigenvalue weighted by atomic mass is 9.98. The molecule has 1 aliphatic carbocycles. The fourth-order valence-electron chi connectivity index (χ4n) is 2.02. The summed E-state index contributed by atoms with van der Waals surface area (Å²) in [6.07, 6.45) is 5.77. The van der Waals surface area contributed by atoms with Crippen LogP contribution in [0.1, 0.15) is 42.6 Å². The second kappa shape index (κ2) is 5.03. The second-order valence-electron chi connectivity index (χ2n) is 4.33. The van der Waals surface area contributed by atoms with Gasteiger partial charge in [0.2, 0.25) is 5.88 Å². The average Bonchev–Trinajstić information content (AvgIpc) is 2.33. The molecule has 0 saturated heterocycles. The van der Waals surface area contributed by atoms with E-state index in [9.17, 15) is 4.79 Å². The molecule has 0 aliphatic heterocycles. The fourth-order valence-corrected chi connectivity index (χ4v) is 2.02. The molecular weight excluding hydrogens is 218 g/mol. The van der Waals surface area contributed by atoms with Crippen LogP contribution in [-0.4, -0.2) is 17.0 Å². The lowest BCUT2D eigenvalue weighted by molar-refractivity contribution is 0.0991. The van der Waals surface area contributed by atoms with Gasteiger partial charge in [-0.2, -0.15) is 0 Å². The van der Waals surface area contributed by atoms with Gasteiger partial charge in [0, 0.05) is 0 Å². The van der Waals surface area contributed by atoms with Crippen molar-refractivity contribution in [1.82, 2.24) is 4.98 Å². The summed E-state index contributed by atoms with van der Waals surface area (Å²) in [6.45, 7) is 0. The zero-order valence-corrected chi connectivity index (χ0v) is 9.69. The highest BCUT2D eigenvalue weighted by molar-refractivity contribution is 5.91. The Hall–Kier alpha value is -1.78. The molecule has 92 valence electrons. The second-order valence-corrected chi connectivity index (χ2v) is 4.33. The van der Waals surface area contributed by atoms with Crippen molar-refractivity contribution in [2.75, 3.05) is 5.73 Å². The van der Waals surface area contributed by atoms with Crippen molar-refractivity contribution in [2.45, 2.75) is 38.2 Å². The van der Waals surface area contributed by atoms with Crippen LogP contribution in [0.15, 0.2) is 12.1 Å². The number of nitrogens with two attached hydrogens (primary N) is 2. The van der Waals surface area contributed by atoms with Crippen molar-refractivity contribution >= 4 is 11.6 Å². The maximum atomic E-state index is 11.0. The minimum absolute atomic E-state index is 0.154. The van der Waals surface area contributed by atoms with Crippen molar-refractivity contribution in [3.63, 3.8) is 0 Å². The third kappa shape index (κ3) is 2.87. The Bertz CT molecular complexity index is 414. The van der Waals surface area contributed by atoms with E-state index in [1.54, 1.807) is 6.07 Å². The van der Waals surface area contributed by atoms with Gasteiger partial charge in [-0.1, -0.05) is 6.42 Å². The number of carbonyl (C=O) groups is 1. The summed E-state index contributed by atoms with van der Waals surface area (Å²) in [6, 6.07) is 3.11. The normalized spacial score (nSPS) is 16.7.